The van der Waals surface area contributed by atoms with Crippen LogP contribution in [0.2, 0.25) is 0 Å². The first-order valence-corrected chi connectivity index (χ1v) is 7.99. The van der Waals surface area contributed by atoms with Crippen molar-refractivity contribution in [3.63, 3.8) is 0 Å². The van der Waals surface area contributed by atoms with Gasteiger partial charge in [-0.3, -0.25) is 0 Å². The SMILES string of the molecule is CC(NCC1CCC(N)C(C)C1(C)C)C1CCOC1. The third-order valence-electron chi connectivity index (χ3n) is 6.07. The largest absolute Gasteiger partial charge is 0.381 e. The molecule has 1 aliphatic heterocycles. The summed E-state index contributed by atoms with van der Waals surface area (Å²) in [6, 6.07) is 0.955. The van der Waals surface area contributed by atoms with Gasteiger partial charge in [-0.2, -0.15) is 0 Å². The average Bonchev–Trinajstić information content (AvgIpc) is 2.89. The Labute approximate surface area is 118 Å². The third-order valence-corrected chi connectivity index (χ3v) is 6.07. The first-order valence-electron chi connectivity index (χ1n) is 7.99. The second-order valence-corrected chi connectivity index (χ2v) is 7.37. The number of ether oxygens (including phenoxy) is 1. The van der Waals surface area contributed by atoms with Crippen molar-refractivity contribution in [1.29, 1.82) is 0 Å². The summed E-state index contributed by atoms with van der Waals surface area (Å²) in [6.07, 6.45) is 3.65. The molecule has 112 valence electrons. The van der Waals surface area contributed by atoms with Crippen molar-refractivity contribution < 1.29 is 4.74 Å². The highest BCUT2D eigenvalue weighted by Crippen LogP contribution is 2.44. The predicted octanol–water partition coefficient (Wildman–Crippen LogP) is 2.40. The summed E-state index contributed by atoms with van der Waals surface area (Å²) < 4.78 is 5.49. The van der Waals surface area contributed by atoms with E-state index in [-0.39, 0.29) is 0 Å². The van der Waals surface area contributed by atoms with Crippen molar-refractivity contribution in [1.82, 2.24) is 5.32 Å². The van der Waals surface area contributed by atoms with E-state index < -0.39 is 0 Å². The van der Waals surface area contributed by atoms with Crippen molar-refractivity contribution in [3.05, 3.63) is 0 Å². The van der Waals surface area contributed by atoms with E-state index in [1.807, 2.05) is 0 Å². The Morgan fingerprint density at radius 2 is 2.05 bits per heavy atom. The zero-order valence-electron chi connectivity index (χ0n) is 13.1. The Bertz CT molecular complexity index is 286. The van der Waals surface area contributed by atoms with E-state index in [1.54, 1.807) is 0 Å². The van der Waals surface area contributed by atoms with E-state index in [0.717, 1.165) is 25.7 Å². The van der Waals surface area contributed by atoms with Crippen LogP contribution in [0.4, 0.5) is 0 Å². The fourth-order valence-corrected chi connectivity index (χ4v) is 3.75. The molecule has 0 amide bonds. The minimum Gasteiger partial charge on any atom is -0.381 e. The van der Waals surface area contributed by atoms with Crippen molar-refractivity contribution in [3.8, 4) is 0 Å². The molecular formula is C16H32N2O. The molecule has 2 aliphatic rings. The van der Waals surface area contributed by atoms with Crippen LogP contribution < -0.4 is 11.1 Å². The Balaban J connectivity index is 1.84. The zero-order chi connectivity index (χ0) is 14.0. The molecular weight excluding hydrogens is 236 g/mol. The van der Waals surface area contributed by atoms with Crippen LogP contribution in [0.15, 0.2) is 0 Å². The molecule has 1 heterocycles. The molecule has 2 fully saturated rings. The highest BCUT2D eigenvalue weighted by molar-refractivity contribution is 4.94. The molecule has 1 aliphatic carbocycles. The summed E-state index contributed by atoms with van der Waals surface area (Å²) in [5.41, 5.74) is 6.58. The molecule has 5 unspecified atom stereocenters. The number of nitrogens with two attached hydrogens (primary N) is 1. The highest BCUT2D eigenvalue weighted by atomic mass is 16.5. The van der Waals surface area contributed by atoms with Gasteiger partial charge in [0.1, 0.15) is 0 Å². The van der Waals surface area contributed by atoms with Crippen LogP contribution in [0, 0.1) is 23.2 Å². The summed E-state index contributed by atoms with van der Waals surface area (Å²) in [6.45, 7) is 12.4. The molecule has 5 atom stereocenters. The molecule has 2 rings (SSSR count). The predicted molar refractivity (Wildman–Crippen MR) is 80.0 cm³/mol. The van der Waals surface area contributed by atoms with Crippen LogP contribution in [0.3, 0.4) is 0 Å². The number of hydrogen-bond donors (Lipinski definition) is 2. The van der Waals surface area contributed by atoms with Crippen LogP contribution in [-0.2, 0) is 4.74 Å². The molecule has 0 aromatic carbocycles. The van der Waals surface area contributed by atoms with Crippen molar-refractivity contribution >= 4 is 0 Å². The van der Waals surface area contributed by atoms with Gasteiger partial charge in [0.15, 0.2) is 0 Å². The Kier molecular flexibility index (Phi) is 4.91. The van der Waals surface area contributed by atoms with E-state index in [9.17, 15) is 0 Å². The molecule has 3 heteroatoms. The molecule has 1 saturated heterocycles. The minimum atomic E-state index is 0.344. The lowest BCUT2D eigenvalue weighted by molar-refractivity contribution is 0.0511. The Morgan fingerprint density at radius 1 is 1.32 bits per heavy atom. The van der Waals surface area contributed by atoms with E-state index in [4.69, 9.17) is 10.5 Å². The van der Waals surface area contributed by atoms with Gasteiger partial charge in [0.2, 0.25) is 0 Å². The van der Waals surface area contributed by atoms with Gasteiger partial charge in [0.25, 0.3) is 0 Å². The number of rotatable bonds is 4. The number of nitrogens with one attached hydrogen (secondary N) is 1. The first kappa shape index (κ1) is 15.3. The lowest BCUT2D eigenvalue weighted by Crippen LogP contribution is -2.50. The highest BCUT2D eigenvalue weighted by Gasteiger charge is 2.41. The molecule has 0 radical (unpaired) electrons. The summed E-state index contributed by atoms with van der Waals surface area (Å²) in [5.74, 6) is 2.05. The Hall–Kier alpha value is -0.120. The van der Waals surface area contributed by atoms with Crippen LogP contribution in [0.1, 0.15) is 47.0 Å². The lowest BCUT2D eigenvalue weighted by Gasteiger charge is -2.47. The van der Waals surface area contributed by atoms with Crippen LogP contribution in [0.5, 0.6) is 0 Å². The molecule has 19 heavy (non-hydrogen) atoms. The van der Waals surface area contributed by atoms with Crippen LogP contribution in [0.25, 0.3) is 0 Å². The van der Waals surface area contributed by atoms with E-state index in [0.29, 0.717) is 29.3 Å². The molecule has 0 aromatic rings. The molecule has 1 saturated carbocycles. The maximum Gasteiger partial charge on any atom is 0.0509 e. The number of hydrogen-bond acceptors (Lipinski definition) is 3. The second kappa shape index (κ2) is 6.11. The Morgan fingerprint density at radius 3 is 2.68 bits per heavy atom. The van der Waals surface area contributed by atoms with E-state index >= 15 is 0 Å². The normalized spacial score (nSPS) is 40.3. The lowest BCUT2D eigenvalue weighted by atomic mass is 9.61. The fourth-order valence-electron chi connectivity index (χ4n) is 3.75. The zero-order valence-corrected chi connectivity index (χ0v) is 13.1. The first-order chi connectivity index (χ1) is 8.93. The average molecular weight is 268 g/mol. The standard InChI is InChI=1S/C16H32N2O/c1-11-15(17)6-5-14(16(11,3)4)9-18-12(2)13-7-8-19-10-13/h11-15,18H,5-10,17H2,1-4H3. The molecule has 3 nitrogen and oxygen atoms in total. The van der Waals surface area contributed by atoms with Gasteiger partial charge >= 0.3 is 0 Å². The van der Waals surface area contributed by atoms with Gasteiger partial charge in [-0.25, -0.2) is 0 Å². The van der Waals surface area contributed by atoms with Gasteiger partial charge in [0, 0.05) is 18.7 Å². The van der Waals surface area contributed by atoms with Crippen molar-refractivity contribution in [2.24, 2.45) is 28.9 Å². The maximum absolute atomic E-state index is 6.23. The third kappa shape index (κ3) is 3.32. The second-order valence-electron chi connectivity index (χ2n) is 7.37. The molecule has 3 N–H and O–H groups in total. The smallest absolute Gasteiger partial charge is 0.0509 e. The van der Waals surface area contributed by atoms with E-state index in [2.05, 4.69) is 33.0 Å². The molecule has 0 bridgehead atoms. The van der Waals surface area contributed by atoms with Gasteiger partial charge in [-0.05, 0) is 55.9 Å². The van der Waals surface area contributed by atoms with Crippen molar-refractivity contribution in [2.45, 2.75) is 59.0 Å². The van der Waals surface area contributed by atoms with Gasteiger partial charge < -0.3 is 15.8 Å². The molecule has 0 spiro atoms. The topological polar surface area (TPSA) is 47.3 Å². The van der Waals surface area contributed by atoms with Crippen LogP contribution >= 0.6 is 0 Å². The fraction of sp³-hybridized carbons (Fsp3) is 1.00. The van der Waals surface area contributed by atoms with Crippen molar-refractivity contribution in [2.75, 3.05) is 19.8 Å². The minimum absolute atomic E-state index is 0.344. The quantitative estimate of drug-likeness (QED) is 0.823. The summed E-state index contributed by atoms with van der Waals surface area (Å²) in [7, 11) is 0. The maximum atomic E-state index is 6.23. The monoisotopic (exact) mass is 268 g/mol. The summed E-state index contributed by atoms with van der Waals surface area (Å²) in [4.78, 5) is 0. The summed E-state index contributed by atoms with van der Waals surface area (Å²) in [5, 5.41) is 3.76. The van der Waals surface area contributed by atoms with E-state index in [1.165, 1.54) is 19.3 Å². The summed E-state index contributed by atoms with van der Waals surface area (Å²) >= 11 is 0. The molecule has 0 aromatic heterocycles. The van der Waals surface area contributed by atoms with Crippen LogP contribution in [-0.4, -0.2) is 31.8 Å². The van der Waals surface area contributed by atoms with Gasteiger partial charge in [-0.15, -0.1) is 0 Å². The van der Waals surface area contributed by atoms with Gasteiger partial charge in [0.05, 0.1) is 6.61 Å². The van der Waals surface area contributed by atoms with Gasteiger partial charge in [-0.1, -0.05) is 20.8 Å².